The quantitative estimate of drug-likeness (QED) is 0.442. The van der Waals surface area contributed by atoms with Crippen molar-refractivity contribution in [3.63, 3.8) is 0 Å². The van der Waals surface area contributed by atoms with Crippen LogP contribution in [0.4, 0.5) is 4.39 Å². The number of hydrogen-bond donors (Lipinski definition) is 2. The molecule has 118 valence electrons. The number of halogens is 2. The van der Waals surface area contributed by atoms with Crippen molar-refractivity contribution in [3.8, 4) is 0 Å². The number of carbonyl (C=O) groups excluding carboxylic acids is 1. The highest BCUT2D eigenvalue weighted by Crippen LogP contribution is 2.04. The standard InChI is InChI=1S/C14H21FN4O.HI/c1-4-16-14(18-10-13(20)19(2)3)17-9-11-6-5-7-12(15)8-11;/h5-8H,4,9-10H2,1-3H3,(H2,16,17,18);1H. The fraction of sp³-hybridized carbons (Fsp3) is 0.429. The van der Waals surface area contributed by atoms with Gasteiger partial charge in [0.1, 0.15) is 5.82 Å². The molecular weight excluding hydrogens is 386 g/mol. The zero-order valence-corrected chi connectivity index (χ0v) is 14.8. The maximum atomic E-state index is 13.1. The van der Waals surface area contributed by atoms with E-state index in [0.717, 1.165) is 5.56 Å². The van der Waals surface area contributed by atoms with Crippen LogP contribution < -0.4 is 10.6 Å². The Morgan fingerprint density at radius 1 is 1.33 bits per heavy atom. The second kappa shape index (κ2) is 10.4. The number of rotatable bonds is 5. The summed E-state index contributed by atoms with van der Waals surface area (Å²) in [6.07, 6.45) is 0. The van der Waals surface area contributed by atoms with Crippen LogP contribution in [0.3, 0.4) is 0 Å². The second-order valence-corrected chi connectivity index (χ2v) is 4.47. The van der Waals surface area contributed by atoms with E-state index >= 15 is 0 Å². The van der Waals surface area contributed by atoms with E-state index in [2.05, 4.69) is 15.6 Å². The molecule has 0 unspecified atom stereocenters. The Kier molecular flexibility index (Phi) is 9.68. The van der Waals surface area contributed by atoms with E-state index in [1.165, 1.54) is 17.0 Å². The molecule has 0 aliphatic carbocycles. The van der Waals surface area contributed by atoms with Gasteiger partial charge in [-0.1, -0.05) is 12.1 Å². The summed E-state index contributed by atoms with van der Waals surface area (Å²) in [5.41, 5.74) is 0.779. The predicted molar refractivity (Wildman–Crippen MR) is 93.3 cm³/mol. The number of guanidine groups is 1. The van der Waals surface area contributed by atoms with Crippen molar-refractivity contribution in [1.82, 2.24) is 15.5 Å². The Labute approximate surface area is 142 Å². The Hall–Kier alpha value is -1.38. The van der Waals surface area contributed by atoms with Gasteiger partial charge in [-0.05, 0) is 24.6 Å². The number of hydrogen-bond acceptors (Lipinski definition) is 2. The van der Waals surface area contributed by atoms with Gasteiger partial charge in [-0.25, -0.2) is 9.38 Å². The van der Waals surface area contributed by atoms with E-state index in [1.807, 2.05) is 6.92 Å². The molecule has 0 heterocycles. The molecule has 1 amide bonds. The summed E-state index contributed by atoms with van der Waals surface area (Å²) in [4.78, 5) is 17.3. The SMILES string of the molecule is CCNC(=NCc1cccc(F)c1)NCC(=O)N(C)C.I. The molecule has 1 aromatic carbocycles. The minimum Gasteiger partial charge on any atom is -0.357 e. The van der Waals surface area contributed by atoms with Crippen LogP contribution >= 0.6 is 24.0 Å². The van der Waals surface area contributed by atoms with Gasteiger partial charge < -0.3 is 15.5 Å². The average molecular weight is 408 g/mol. The summed E-state index contributed by atoms with van der Waals surface area (Å²) >= 11 is 0. The average Bonchev–Trinajstić information content (AvgIpc) is 2.41. The van der Waals surface area contributed by atoms with E-state index in [0.29, 0.717) is 19.0 Å². The van der Waals surface area contributed by atoms with Crippen molar-refractivity contribution >= 4 is 35.8 Å². The first-order chi connectivity index (χ1) is 9.52. The summed E-state index contributed by atoms with van der Waals surface area (Å²) in [6.45, 7) is 3.14. The molecule has 7 heteroatoms. The van der Waals surface area contributed by atoms with E-state index in [1.54, 1.807) is 26.2 Å². The van der Waals surface area contributed by atoms with Crippen molar-refractivity contribution in [1.29, 1.82) is 0 Å². The van der Waals surface area contributed by atoms with Gasteiger partial charge in [0.05, 0.1) is 13.1 Å². The minimum absolute atomic E-state index is 0. The third kappa shape index (κ3) is 7.84. The van der Waals surface area contributed by atoms with Crippen LogP contribution in [0, 0.1) is 5.82 Å². The fourth-order valence-corrected chi connectivity index (χ4v) is 1.46. The molecule has 0 aliphatic heterocycles. The summed E-state index contributed by atoms with van der Waals surface area (Å²) in [7, 11) is 3.39. The van der Waals surface area contributed by atoms with Gasteiger partial charge in [0.25, 0.3) is 0 Å². The van der Waals surface area contributed by atoms with Crippen LogP contribution in [0.15, 0.2) is 29.3 Å². The first kappa shape index (κ1) is 19.6. The number of benzene rings is 1. The molecule has 1 rings (SSSR count). The largest absolute Gasteiger partial charge is 0.357 e. The van der Waals surface area contributed by atoms with Gasteiger partial charge >= 0.3 is 0 Å². The minimum atomic E-state index is -0.279. The van der Waals surface area contributed by atoms with Gasteiger partial charge in [0.2, 0.25) is 5.91 Å². The highest BCUT2D eigenvalue weighted by Gasteiger charge is 2.05. The van der Waals surface area contributed by atoms with E-state index in [-0.39, 0.29) is 42.2 Å². The highest BCUT2D eigenvalue weighted by atomic mass is 127. The molecule has 0 radical (unpaired) electrons. The fourth-order valence-electron chi connectivity index (χ4n) is 1.46. The molecule has 0 aromatic heterocycles. The third-order valence-corrected chi connectivity index (χ3v) is 2.56. The molecule has 21 heavy (non-hydrogen) atoms. The van der Waals surface area contributed by atoms with Crippen molar-refractivity contribution < 1.29 is 9.18 Å². The van der Waals surface area contributed by atoms with Crippen LogP contribution in [-0.4, -0.2) is 44.0 Å². The number of carbonyl (C=O) groups is 1. The van der Waals surface area contributed by atoms with Crippen LogP contribution in [0.2, 0.25) is 0 Å². The lowest BCUT2D eigenvalue weighted by Gasteiger charge is -2.14. The molecule has 0 saturated carbocycles. The summed E-state index contributed by atoms with van der Waals surface area (Å²) in [5.74, 6) is 0.215. The second-order valence-electron chi connectivity index (χ2n) is 4.47. The van der Waals surface area contributed by atoms with Gasteiger partial charge in [-0.15, -0.1) is 24.0 Å². The number of amides is 1. The normalized spacial score (nSPS) is 10.6. The molecule has 1 aromatic rings. The van der Waals surface area contributed by atoms with Crippen molar-refractivity contribution in [2.75, 3.05) is 27.2 Å². The summed E-state index contributed by atoms with van der Waals surface area (Å²) in [5, 5.41) is 5.98. The van der Waals surface area contributed by atoms with Crippen LogP contribution in [0.25, 0.3) is 0 Å². The van der Waals surface area contributed by atoms with Crippen molar-refractivity contribution in [3.05, 3.63) is 35.6 Å². The Bertz CT molecular complexity index is 480. The van der Waals surface area contributed by atoms with Gasteiger partial charge in [-0.3, -0.25) is 4.79 Å². The van der Waals surface area contributed by atoms with Gasteiger partial charge in [-0.2, -0.15) is 0 Å². The molecule has 0 aliphatic rings. The Morgan fingerprint density at radius 2 is 2.05 bits per heavy atom. The van der Waals surface area contributed by atoms with E-state index < -0.39 is 0 Å². The third-order valence-electron chi connectivity index (χ3n) is 2.56. The Balaban J connectivity index is 0.00000400. The number of likely N-dealkylation sites (N-methyl/N-ethyl adjacent to an activating group) is 1. The molecule has 0 saturated heterocycles. The molecule has 0 spiro atoms. The van der Waals surface area contributed by atoms with Crippen molar-refractivity contribution in [2.24, 2.45) is 4.99 Å². The molecule has 5 nitrogen and oxygen atoms in total. The number of nitrogens with zero attached hydrogens (tertiary/aromatic N) is 2. The molecular formula is C14H22FIN4O. The zero-order chi connectivity index (χ0) is 15.0. The molecule has 0 bridgehead atoms. The maximum Gasteiger partial charge on any atom is 0.241 e. The Morgan fingerprint density at radius 3 is 2.62 bits per heavy atom. The lowest BCUT2D eigenvalue weighted by molar-refractivity contribution is -0.127. The monoisotopic (exact) mass is 408 g/mol. The molecule has 2 N–H and O–H groups in total. The van der Waals surface area contributed by atoms with Crippen LogP contribution in [0.1, 0.15) is 12.5 Å². The first-order valence-electron chi connectivity index (χ1n) is 6.49. The number of aliphatic imine (C=N–C) groups is 1. The van der Waals surface area contributed by atoms with E-state index in [9.17, 15) is 9.18 Å². The number of nitrogens with one attached hydrogen (secondary N) is 2. The predicted octanol–water partition coefficient (Wildman–Crippen LogP) is 1.59. The molecule has 0 fully saturated rings. The maximum absolute atomic E-state index is 13.1. The summed E-state index contributed by atoms with van der Waals surface area (Å²) in [6, 6.07) is 6.29. The summed E-state index contributed by atoms with van der Waals surface area (Å²) < 4.78 is 13.1. The van der Waals surface area contributed by atoms with Crippen LogP contribution in [-0.2, 0) is 11.3 Å². The van der Waals surface area contributed by atoms with E-state index in [4.69, 9.17) is 0 Å². The highest BCUT2D eigenvalue weighted by molar-refractivity contribution is 14.0. The lowest BCUT2D eigenvalue weighted by atomic mass is 10.2. The van der Waals surface area contributed by atoms with Gasteiger partial charge in [0.15, 0.2) is 5.96 Å². The van der Waals surface area contributed by atoms with Gasteiger partial charge in [0, 0.05) is 20.6 Å². The topological polar surface area (TPSA) is 56.7 Å². The van der Waals surface area contributed by atoms with Crippen molar-refractivity contribution in [2.45, 2.75) is 13.5 Å². The van der Waals surface area contributed by atoms with Crippen LogP contribution in [0.5, 0.6) is 0 Å². The zero-order valence-electron chi connectivity index (χ0n) is 12.5. The lowest BCUT2D eigenvalue weighted by Crippen LogP contribution is -2.42. The smallest absolute Gasteiger partial charge is 0.241 e. The molecule has 0 atom stereocenters. The first-order valence-corrected chi connectivity index (χ1v) is 6.49.